The lowest BCUT2D eigenvalue weighted by Gasteiger charge is -2.31. The Kier molecular flexibility index (Phi) is 6.49. The Bertz CT molecular complexity index is 1690. The first-order chi connectivity index (χ1) is 20.3. The third-order valence-corrected chi connectivity index (χ3v) is 9.25. The van der Waals surface area contributed by atoms with Crippen LogP contribution in [0.3, 0.4) is 0 Å². The van der Waals surface area contributed by atoms with E-state index >= 15 is 4.39 Å². The minimum absolute atomic E-state index is 0.00852. The van der Waals surface area contributed by atoms with Crippen molar-refractivity contribution in [2.45, 2.75) is 44.2 Å². The summed E-state index contributed by atoms with van der Waals surface area (Å²) in [7, 11) is 0. The molecule has 0 radical (unpaired) electrons. The first-order valence-electron chi connectivity index (χ1n) is 14.5. The van der Waals surface area contributed by atoms with Crippen LogP contribution in [0.1, 0.15) is 32.6 Å². The number of carboxylic acid groups (broad SMARTS) is 1. The van der Waals surface area contributed by atoms with Gasteiger partial charge in [0.1, 0.15) is 29.4 Å². The molecule has 2 aromatic heterocycles. The molecule has 3 aliphatic rings. The lowest BCUT2D eigenvalue weighted by atomic mass is 9.95. The zero-order chi connectivity index (χ0) is 29.0. The molecular formula is C31H33FN6O4. The van der Waals surface area contributed by atoms with Gasteiger partial charge in [0.25, 0.3) is 0 Å². The summed E-state index contributed by atoms with van der Waals surface area (Å²) in [5.74, 6) is -0.276. The monoisotopic (exact) mass is 572 g/mol. The van der Waals surface area contributed by atoms with E-state index < -0.39 is 11.9 Å². The Labute approximate surface area is 242 Å². The molecule has 2 atom stereocenters. The fourth-order valence-electron chi connectivity index (χ4n) is 7.04. The van der Waals surface area contributed by atoms with Gasteiger partial charge in [0.15, 0.2) is 5.82 Å². The number of phenols is 1. The van der Waals surface area contributed by atoms with Crippen LogP contribution in [0, 0.1) is 11.7 Å². The number of pyridine rings is 1. The van der Waals surface area contributed by atoms with Gasteiger partial charge in [0, 0.05) is 30.9 Å². The molecule has 5 heterocycles. The van der Waals surface area contributed by atoms with Crippen LogP contribution in [0.25, 0.3) is 32.9 Å². The predicted octanol–water partition coefficient (Wildman–Crippen LogP) is 5.11. The van der Waals surface area contributed by atoms with E-state index in [9.17, 15) is 15.0 Å². The van der Waals surface area contributed by atoms with Gasteiger partial charge in [-0.2, -0.15) is 9.97 Å². The van der Waals surface area contributed by atoms with Crippen molar-refractivity contribution < 1.29 is 24.1 Å². The van der Waals surface area contributed by atoms with E-state index in [1.807, 2.05) is 31.2 Å². The fraction of sp³-hybridized carbons (Fsp3) is 0.419. The number of benzene rings is 2. The lowest BCUT2D eigenvalue weighted by Crippen LogP contribution is -2.43. The van der Waals surface area contributed by atoms with Crippen LogP contribution in [0.4, 0.5) is 15.0 Å². The molecule has 42 heavy (non-hydrogen) atoms. The predicted molar refractivity (Wildman–Crippen MR) is 156 cm³/mol. The zero-order valence-electron chi connectivity index (χ0n) is 23.4. The number of rotatable bonds is 6. The van der Waals surface area contributed by atoms with Crippen LogP contribution in [-0.4, -0.2) is 85.4 Å². The largest absolute Gasteiger partial charge is 0.508 e. The Morgan fingerprint density at radius 1 is 1.14 bits per heavy atom. The first-order valence-corrected chi connectivity index (χ1v) is 14.5. The highest BCUT2D eigenvalue weighted by Crippen LogP contribution is 2.40. The van der Waals surface area contributed by atoms with E-state index in [1.165, 1.54) is 17.2 Å². The summed E-state index contributed by atoms with van der Waals surface area (Å²) in [5.41, 5.74) is 0.519. The van der Waals surface area contributed by atoms with Crippen molar-refractivity contribution in [2.24, 2.45) is 5.92 Å². The van der Waals surface area contributed by atoms with Crippen molar-refractivity contribution in [1.29, 1.82) is 0 Å². The van der Waals surface area contributed by atoms with Crippen molar-refractivity contribution in [3.8, 4) is 23.0 Å². The maximum absolute atomic E-state index is 16.5. The Balaban J connectivity index is 1.32. The maximum Gasteiger partial charge on any atom is 0.407 e. The molecule has 0 aliphatic carbocycles. The van der Waals surface area contributed by atoms with Crippen LogP contribution in [0.5, 0.6) is 11.8 Å². The third-order valence-electron chi connectivity index (χ3n) is 9.25. The van der Waals surface area contributed by atoms with Gasteiger partial charge < -0.3 is 25.2 Å². The molecule has 4 aromatic rings. The Morgan fingerprint density at radius 3 is 2.69 bits per heavy atom. The van der Waals surface area contributed by atoms with Gasteiger partial charge in [-0.25, -0.2) is 9.18 Å². The van der Waals surface area contributed by atoms with Gasteiger partial charge in [0.2, 0.25) is 0 Å². The second-order valence-electron chi connectivity index (χ2n) is 11.9. The number of carbonyl (C=O) groups is 1. The number of nitrogens with one attached hydrogen (secondary N) is 1. The van der Waals surface area contributed by atoms with Crippen molar-refractivity contribution in [3.05, 3.63) is 48.4 Å². The standard InChI is InChI=1S/C31H33FN6O4/c1-18-15-37(30(40)41)16-24(18)34-28-23-14-33-26(22-13-20(39)12-19-6-2-3-7-21(19)22)25(32)27(23)35-29(36-28)42-17-31-8-4-10-38(31)11-5-9-31/h2-3,6-7,12-14,18,24,39H,4-5,8-11,15-17H2,1H3,(H,40,41)(H,34,35,36)/t18-,24-/m0/s1. The number of ether oxygens (including phenoxy) is 1. The van der Waals surface area contributed by atoms with Gasteiger partial charge in [0.05, 0.1) is 10.9 Å². The maximum atomic E-state index is 16.5. The average molecular weight is 573 g/mol. The Hall–Kier alpha value is -4.25. The molecule has 10 nitrogen and oxygen atoms in total. The van der Waals surface area contributed by atoms with Gasteiger partial charge in [-0.3, -0.25) is 9.88 Å². The van der Waals surface area contributed by atoms with Crippen LogP contribution >= 0.6 is 0 Å². The number of phenolic OH excluding ortho intramolecular Hbond substituents is 1. The molecule has 0 unspecified atom stereocenters. The van der Waals surface area contributed by atoms with Gasteiger partial charge in [-0.1, -0.05) is 31.2 Å². The number of likely N-dealkylation sites (tertiary alicyclic amines) is 1. The van der Waals surface area contributed by atoms with Crippen molar-refractivity contribution in [2.75, 3.05) is 38.1 Å². The minimum atomic E-state index is -0.977. The highest BCUT2D eigenvalue weighted by Gasteiger charge is 2.45. The molecule has 1 amide bonds. The molecule has 3 aliphatic heterocycles. The normalized spacial score (nSPS) is 21.7. The van der Waals surface area contributed by atoms with Crippen molar-refractivity contribution in [3.63, 3.8) is 0 Å². The molecule has 7 rings (SSSR count). The second-order valence-corrected chi connectivity index (χ2v) is 11.9. The molecular weight excluding hydrogens is 539 g/mol. The first kappa shape index (κ1) is 26.6. The summed E-state index contributed by atoms with van der Waals surface area (Å²) in [4.78, 5) is 29.2. The topological polar surface area (TPSA) is 124 Å². The van der Waals surface area contributed by atoms with Gasteiger partial charge in [-0.15, -0.1) is 0 Å². The quantitative estimate of drug-likeness (QED) is 0.289. The molecule has 0 saturated carbocycles. The van der Waals surface area contributed by atoms with E-state index in [2.05, 4.69) is 25.2 Å². The molecule has 0 spiro atoms. The van der Waals surface area contributed by atoms with E-state index in [-0.39, 0.29) is 47.0 Å². The van der Waals surface area contributed by atoms with Crippen LogP contribution in [0.2, 0.25) is 0 Å². The Morgan fingerprint density at radius 2 is 1.93 bits per heavy atom. The van der Waals surface area contributed by atoms with Crippen molar-refractivity contribution >= 4 is 33.6 Å². The molecule has 0 bridgehead atoms. The van der Waals surface area contributed by atoms with Crippen LogP contribution < -0.4 is 10.1 Å². The highest BCUT2D eigenvalue weighted by molar-refractivity contribution is 5.99. The minimum Gasteiger partial charge on any atom is -0.508 e. The van der Waals surface area contributed by atoms with Crippen LogP contribution in [-0.2, 0) is 0 Å². The van der Waals surface area contributed by atoms with Gasteiger partial charge in [-0.05, 0) is 67.6 Å². The molecule has 3 fully saturated rings. The number of halogens is 1. The summed E-state index contributed by atoms with van der Waals surface area (Å²) < 4.78 is 22.7. The summed E-state index contributed by atoms with van der Waals surface area (Å²) in [6.45, 7) is 5.16. The average Bonchev–Trinajstić information content (AvgIpc) is 3.66. The summed E-state index contributed by atoms with van der Waals surface area (Å²) in [6.07, 6.45) is 4.88. The SMILES string of the molecule is C[C@H]1CN(C(=O)O)C[C@@H]1Nc1nc(OCC23CCCN2CCC3)nc2c(F)c(-c3cc(O)cc4ccccc34)ncc12. The highest BCUT2D eigenvalue weighted by atomic mass is 19.1. The number of nitrogens with zero attached hydrogens (tertiary/aromatic N) is 5. The third kappa shape index (κ3) is 4.52. The fourth-order valence-corrected chi connectivity index (χ4v) is 7.04. The van der Waals surface area contributed by atoms with E-state index in [1.54, 1.807) is 6.07 Å². The van der Waals surface area contributed by atoms with E-state index in [0.717, 1.165) is 49.5 Å². The number of amides is 1. The van der Waals surface area contributed by atoms with E-state index in [0.29, 0.717) is 29.9 Å². The number of aromatic hydroxyl groups is 1. The summed E-state index contributed by atoms with van der Waals surface area (Å²) >= 11 is 0. The molecule has 2 aromatic carbocycles. The molecule has 11 heteroatoms. The number of anilines is 1. The van der Waals surface area contributed by atoms with Crippen LogP contribution in [0.15, 0.2) is 42.6 Å². The lowest BCUT2D eigenvalue weighted by molar-refractivity contribution is 0.108. The molecule has 218 valence electrons. The number of hydrogen-bond donors (Lipinski definition) is 3. The zero-order valence-corrected chi connectivity index (χ0v) is 23.4. The molecule has 3 saturated heterocycles. The number of fused-ring (bicyclic) bond motifs is 3. The summed E-state index contributed by atoms with van der Waals surface area (Å²) in [5, 5.41) is 25.2. The summed E-state index contributed by atoms with van der Waals surface area (Å²) in [6, 6.07) is 10.4. The molecule has 3 N–H and O–H groups in total. The number of aromatic nitrogens is 3. The second kappa shape index (κ2) is 10.2. The van der Waals surface area contributed by atoms with E-state index in [4.69, 9.17) is 4.74 Å². The van der Waals surface area contributed by atoms with Gasteiger partial charge >= 0.3 is 12.1 Å². The van der Waals surface area contributed by atoms with Crippen molar-refractivity contribution in [1.82, 2.24) is 24.8 Å². The smallest absolute Gasteiger partial charge is 0.407 e. The number of hydrogen-bond acceptors (Lipinski definition) is 8.